The molecule has 0 saturated heterocycles. The van der Waals surface area contributed by atoms with E-state index in [1.165, 1.54) is 22.3 Å². The summed E-state index contributed by atoms with van der Waals surface area (Å²) in [6, 6.07) is 14.6. The molecule has 18 heavy (non-hydrogen) atoms. The number of hydrogen-bond acceptors (Lipinski definition) is 1. The fourth-order valence-electron chi connectivity index (χ4n) is 1.95. The molecule has 1 nitrogen and oxygen atoms in total. The number of hydrogen-bond donors (Lipinski definition) is 0. The summed E-state index contributed by atoms with van der Waals surface area (Å²) in [4.78, 5) is 0. The summed E-state index contributed by atoms with van der Waals surface area (Å²) in [5.41, 5.74) is 4.89. The molecule has 0 atom stereocenters. The molecular formula is C16H17BrO. The van der Waals surface area contributed by atoms with Gasteiger partial charge in [0.1, 0.15) is 12.4 Å². The van der Waals surface area contributed by atoms with Crippen molar-refractivity contribution < 1.29 is 4.74 Å². The zero-order valence-corrected chi connectivity index (χ0v) is 12.3. The van der Waals surface area contributed by atoms with Gasteiger partial charge in [-0.15, -0.1) is 0 Å². The Hall–Kier alpha value is -1.28. The van der Waals surface area contributed by atoms with Gasteiger partial charge in [-0.25, -0.2) is 0 Å². The lowest BCUT2D eigenvalue weighted by Crippen LogP contribution is -2.01. The Morgan fingerprint density at radius 1 is 0.889 bits per heavy atom. The van der Waals surface area contributed by atoms with E-state index >= 15 is 0 Å². The van der Waals surface area contributed by atoms with Crippen LogP contribution in [0.4, 0.5) is 0 Å². The van der Waals surface area contributed by atoms with E-state index in [9.17, 15) is 0 Å². The van der Waals surface area contributed by atoms with Gasteiger partial charge in [0.25, 0.3) is 0 Å². The van der Waals surface area contributed by atoms with Gasteiger partial charge in [-0.1, -0.05) is 58.4 Å². The second kappa shape index (κ2) is 6.05. The van der Waals surface area contributed by atoms with Crippen molar-refractivity contribution in [3.63, 3.8) is 0 Å². The van der Waals surface area contributed by atoms with Gasteiger partial charge in [0.15, 0.2) is 0 Å². The molecule has 0 unspecified atom stereocenters. The predicted octanol–water partition coefficient (Wildman–Crippen LogP) is 4.78. The number of aryl methyl sites for hydroxylation is 2. The highest BCUT2D eigenvalue weighted by molar-refractivity contribution is 9.08. The van der Waals surface area contributed by atoms with Crippen molar-refractivity contribution in [2.24, 2.45) is 0 Å². The van der Waals surface area contributed by atoms with Crippen LogP contribution in [-0.2, 0) is 11.9 Å². The van der Waals surface area contributed by atoms with Gasteiger partial charge in [-0.3, -0.25) is 0 Å². The Kier molecular flexibility index (Phi) is 4.43. The minimum atomic E-state index is 0.623. The SMILES string of the molecule is Cc1ccccc1COc1c(C)cccc1CBr. The van der Waals surface area contributed by atoms with Crippen molar-refractivity contribution in [2.75, 3.05) is 0 Å². The van der Waals surface area contributed by atoms with Gasteiger partial charge in [0.2, 0.25) is 0 Å². The Balaban J connectivity index is 2.18. The van der Waals surface area contributed by atoms with Crippen LogP contribution >= 0.6 is 15.9 Å². The second-order valence-electron chi connectivity index (χ2n) is 4.41. The molecule has 0 fully saturated rings. The zero-order chi connectivity index (χ0) is 13.0. The fourth-order valence-corrected chi connectivity index (χ4v) is 2.39. The average Bonchev–Trinajstić information content (AvgIpc) is 2.39. The smallest absolute Gasteiger partial charge is 0.126 e. The van der Waals surface area contributed by atoms with Gasteiger partial charge in [-0.05, 0) is 30.5 Å². The largest absolute Gasteiger partial charge is 0.488 e. The quantitative estimate of drug-likeness (QED) is 0.739. The minimum absolute atomic E-state index is 0.623. The number of ether oxygens (including phenoxy) is 1. The topological polar surface area (TPSA) is 9.23 Å². The van der Waals surface area contributed by atoms with E-state index in [1.54, 1.807) is 0 Å². The summed E-state index contributed by atoms with van der Waals surface area (Å²) in [5.74, 6) is 0.998. The Morgan fingerprint density at radius 2 is 1.56 bits per heavy atom. The van der Waals surface area contributed by atoms with Gasteiger partial charge in [0, 0.05) is 10.9 Å². The van der Waals surface area contributed by atoms with Crippen LogP contribution < -0.4 is 4.74 Å². The van der Waals surface area contributed by atoms with Crippen LogP contribution in [0.3, 0.4) is 0 Å². The maximum atomic E-state index is 6.00. The molecule has 0 heterocycles. The fraction of sp³-hybridized carbons (Fsp3) is 0.250. The van der Waals surface area contributed by atoms with Crippen molar-refractivity contribution in [3.05, 3.63) is 64.7 Å². The van der Waals surface area contributed by atoms with Gasteiger partial charge < -0.3 is 4.74 Å². The highest BCUT2D eigenvalue weighted by Gasteiger charge is 2.06. The molecule has 0 aliphatic rings. The first-order valence-electron chi connectivity index (χ1n) is 6.04. The van der Waals surface area contributed by atoms with Crippen LogP contribution in [0.2, 0.25) is 0 Å². The van der Waals surface area contributed by atoms with E-state index < -0.39 is 0 Å². The molecule has 0 saturated carbocycles. The summed E-state index contributed by atoms with van der Waals surface area (Å²) in [6.45, 7) is 4.82. The molecule has 0 aliphatic carbocycles. The molecule has 0 N–H and O–H groups in total. The van der Waals surface area contributed by atoms with Gasteiger partial charge >= 0.3 is 0 Å². The molecule has 0 aromatic heterocycles. The molecule has 2 heteroatoms. The van der Waals surface area contributed by atoms with E-state index in [-0.39, 0.29) is 0 Å². The molecule has 94 valence electrons. The Bertz CT molecular complexity index is 534. The summed E-state index contributed by atoms with van der Waals surface area (Å²) >= 11 is 3.50. The van der Waals surface area contributed by atoms with Crippen LogP contribution in [0.5, 0.6) is 5.75 Å². The lowest BCUT2D eigenvalue weighted by atomic mass is 10.1. The van der Waals surface area contributed by atoms with Crippen LogP contribution in [0.25, 0.3) is 0 Å². The molecular weight excluding hydrogens is 288 g/mol. The summed E-state index contributed by atoms with van der Waals surface area (Å²) in [6.07, 6.45) is 0. The number of benzene rings is 2. The third kappa shape index (κ3) is 2.94. The van der Waals surface area contributed by atoms with E-state index in [1.807, 2.05) is 0 Å². The van der Waals surface area contributed by atoms with Crippen molar-refractivity contribution >= 4 is 15.9 Å². The normalized spacial score (nSPS) is 10.4. The maximum absolute atomic E-state index is 6.00. The molecule has 0 amide bonds. The van der Waals surface area contributed by atoms with Crippen LogP contribution in [0.15, 0.2) is 42.5 Å². The van der Waals surface area contributed by atoms with Gasteiger partial charge in [0.05, 0.1) is 0 Å². The standard InChI is InChI=1S/C16H17BrO/c1-12-6-3-4-8-15(12)11-18-16-13(2)7-5-9-14(16)10-17/h3-9H,10-11H2,1-2H3. The predicted molar refractivity (Wildman–Crippen MR) is 79.3 cm³/mol. The number of para-hydroxylation sites is 1. The summed E-state index contributed by atoms with van der Waals surface area (Å²) < 4.78 is 6.00. The monoisotopic (exact) mass is 304 g/mol. The highest BCUT2D eigenvalue weighted by Crippen LogP contribution is 2.26. The molecule has 2 rings (SSSR count). The molecule has 0 radical (unpaired) electrons. The summed E-state index contributed by atoms with van der Waals surface area (Å²) in [5, 5.41) is 0.817. The molecule has 2 aromatic carbocycles. The molecule has 2 aromatic rings. The van der Waals surface area contributed by atoms with Crippen molar-refractivity contribution in [1.29, 1.82) is 0 Å². The second-order valence-corrected chi connectivity index (χ2v) is 4.97. The Labute approximate surface area is 117 Å². The van der Waals surface area contributed by atoms with Gasteiger partial charge in [-0.2, -0.15) is 0 Å². The first-order chi connectivity index (χ1) is 8.72. The Morgan fingerprint density at radius 3 is 2.28 bits per heavy atom. The molecule has 0 aliphatic heterocycles. The lowest BCUT2D eigenvalue weighted by molar-refractivity contribution is 0.301. The first kappa shape index (κ1) is 13.2. The maximum Gasteiger partial charge on any atom is 0.126 e. The van der Waals surface area contributed by atoms with Crippen LogP contribution in [-0.4, -0.2) is 0 Å². The van der Waals surface area contributed by atoms with E-state index in [0.29, 0.717) is 6.61 Å². The highest BCUT2D eigenvalue weighted by atomic mass is 79.9. The zero-order valence-electron chi connectivity index (χ0n) is 10.7. The van der Waals surface area contributed by atoms with E-state index in [2.05, 4.69) is 72.2 Å². The van der Waals surface area contributed by atoms with Crippen molar-refractivity contribution in [3.8, 4) is 5.75 Å². The summed E-state index contributed by atoms with van der Waals surface area (Å²) in [7, 11) is 0. The lowest BCUT2D eigenvalue weighted by Gasteiger charge is -2.14. The van der Waals surface area contributed by atoms with Crippen molar-refractivity contribution in [1.82, 2.24) is 0 Å². The number of alkyl halides is 1. The first-order valence-corrected chi connectivity index (χ1v) is 7.16. The van der Waals surface area contributed by atoms with E-state index in [0.717, 1.165) is 11.1 Å². The third-order valence-electron chi connectivity index (χ3n) is 3.07. The van der Waals surface area contributed by atoms with Crippen LogP contribution in [0.1, 0.15) is 22.3 Å². The third-order valence-corrected chi connectivity index (χ3v) is 3.67. The number of rotatable bonds is 4. The molecule has 0 bridgehead atoms. The minimum Gasteiger partial charge on any atom is -0.488 e. The average molecular weight is 305 g/mol. The van der Waals surface area contributed by atoms with E-state index in [4.69, 9.17) is 4.74 Å². The van der Waals surface area contributed by atoms with Crippen LogP contribution in [0, 0.1) is 13.8 Å². The van der Waals surface area contributed by atoms with Crippen molar-refractivity contribution in [2.45, 2.75) is 25.8 Å². The number of halogens is 1. The molecule has 0 spiro atoms.